The van der Waals surface area contributed by atoms with Crippen LogP contribution >= 0.6 is 0 Å². The van der Waals surface area contributed by atoms with Gasteiger partial charge in [-0.1, -0.05) is 0 Å². The fourth-order valence-corrected chi connectivity index (χ4v) is 0. The third-order valence-corrected chi connectivity index (χ3v) is 0.289. The van der Waals surface area contributed by atoms with Gasteiger partial charge in [-0.05, 0) is 0 Å². The summed E-state index contributed by atoms with van der Waals surface area (Å²) in [4.78, 5) is 0. The molecular formula is C3H9BO2. The SMILES string of the molecule is [B+2]CCC.[OH-].[OH-]. The van der Waals surface area contributed by atoms with Crippen LogP contribution in [0.4, 0.5) is 0 Å². The molecule has 6 heavy (non-hydrogen) atoms. The normalized spacial score (nSPS) is 5.17. The Morgan fingerprint density at radius 3 is 1.50 bits per heavy atom. The van der Waals surface area contributed by atoms with Gasteiger partial charge in [0, 0.05) is 0 Å². The third kappa shape index (κ3) is 36.6. The number of rotatable bonds is 1. The summed E-state index contributed by atoms with van der Waals surface area (Å²) in [6, 6.07) is 0. The van der Waals surface area contributed by atoms with Gasteiger partial charge < -0.3 is 11.0 Å². The average molecular weight is 87.9 g/mol. The summed E-state index contributed by atoms with van der Waals surface area (Å²) in [6.07, 6.45) is 1.92. The van der Waals surface area contributed by atoms with Gasteiger partial charge in [0.25, 0.3) is 0 Å². The molecule has 0 aliphatic heterocycles. The van der Waals surface area contributed by atoms with Crippen molar-refractivity contribution in [3.8, 4) is 0 Å². The molecule has 0 rings (SSSR count). The van der Waals surface area contributed by atoms with E-state index in [2.05, 4.69) is 6.92 Å². The zero-order chi connectivity index (χ0) is 3.41. The monoisotopic (exact) mass is 88.1 g/mol. The Hall–Kier alpha value is -0.0151. The minimum atomic E-state index is 0. The quantitative estimate of drug-likeness (QED) is 0.441. The van der Waals surface area contributed by atoms with Gasteiger partial charge in [0.2, 0.25) is 0 Å². The molecule has 0 saturated heterocycles. The molecule has 0 aromatic heterocycles. The fraction of sp³-hybridized carbons (Fsp3) is 1.00. The number of hydrogen-bond acceptors (Lipinski definition) is 2. The van der Waals surface area contributed by atoms with Crippen LogP contribution in [-0.4, -0.2) is 18.8 Å². The summed E-state index contributed by atoms with van der Waals surface area (Å²) in [6.45, 7) is 2.06. The van der Waals surface area contributed by atoms with Crippen LogP contribution in [0.25, 0.3) is 0 Å². The Kier molecular flexibility index (Phi) is 55.9. The number of hydrogen-bond donors (Lipinski definition) is 0. The molecule has 0 aliphatic rings. The van der Waals surface area contributed by atoms with E-state index < -0.39 is 0 Å². The minimum Gasteiger partial charge on any atom is -0.870 e. The molecule has 0 aromatic carbocycles. The third-order valence-electron chi connectivity index (χ3n) is 0.289. The van der Waals surface area contributed by atoms with Gasteiger partial charge in [0.1, 0.15) is 0 Å². The van der Waals surface area contributed by atoms with Crippen LogP contribution in [0.5, 0.6) is 0 Å². The molecule has 0 heterocycles. The zero-order valence-corrected chi connectivity index (χ0v) is 3.89. The summed E-state index contributed by atoms with van der Waals surface area (Å²) < 4.78 is 0. The van der Waals surface area contributed by atoms with Gasteiger partial charge in [-0.2, -0.15) is 0 Å². The van der Waals surface area contributed by atoms with Crippen molar-refractivity contribution < 1.29 is 11.0 Å². The molecule has 0 saturated carbocycles. The molecule has 0 fully saturated rings. The molecule has 0 amide bonds. The second-order valence-corrected chi connectivity index (χ2v) is 0.789. The molecule has 2 N–H and O–H groups in total. The van der Waals surface area contributed by atoms with Crippen molar-refractivity contribution >= 4 is 7.85 Å². The van der Waals surface area contributed by atoms with Crippen LogP contribution in [-0.2, 0) is 0 Å². The van der Waals surface area contributed by atoms with Gasteiger partial charge in [0.15, 0.2) is 0 Å². The predicted molar refractivity (Wildman–Crippen MR) is 24.7 cm³/mol. The molecular weight excluding hydrogens is 78.8 g/mol. The van der Waals surface area contributed by atoms with Crippen LogP contribution in [0.3, 0.4) is 0 Å². The first-order chi connectivity index (χ1) is 1.91. The van der Waals surface area contributed by atoms with Crippen molar-refractivity contribution in [2.45, 2.75) is 19.7 Å². The molecule has 0 radical (unpaired) electrons. The van der Waals surface area contributed by atoms with Crippen molar-refractivity contribution in [1.82, 2.24) is 0 Å². The van der Waals surface area contributed by atoms with Gasteiger partial charge in [-0.3, -0.25) is 0 Å². The Bertz CT molecular complexity index is 10.8. The molecule has 0 aromatic rings. The van der Waals surface area contributed by atoms with Crippen LogP contribution in [0.1, 0.15) is 13.3 Å². The van der Waals surface area contributed by atoms with E-state index in [-0.39, 0.29) is 11.0 Å². The maximum Gasteiger partial charge on any atom is -0.870 e. The molecule has 0 unspecified atom stereocenters. The largest absolute Gasteiger partial charge is 0.870 e. The van der Waals surface area contributed by atoms with E-state index in [4.69, 9.17) is 7.85 Å². The molecule has 0 spiro atoms. The predicted octanol–water partition coefficient (Wildman–Crippen LogP) is 0.630. The van der Waals surface area contributed by atoms with Gasteiger partial charge in [0.05, 0.1) is 0 Å². The van der Waals surface area contributed by atoms with Crippen LogP contribution < -0.4 is 0 Å². The maximum absolute atomic E-state index is 5.03. The molecule has 2 nitrogen and oxygen atoms in total. The minimum absolute atomic E-state index is 0. The molecule has 36 valence electrons. The Balaban J connectivity index is -0.0000000450. The van der Waals surface area contributed by atoms with E-state index in [1.54, 1.807) is 0 Å². The summed E-state index contributed by atoms with van der Waals surface area (Å²) >= 11 is 0. The van der Waals surface area contributed by atoms with Crippen molar-refractivity contribution in [2.75, 3.05) is 0 Å². The van der Waals surface area contributed by atoms with Crippen LogP contribution in [0, 0.1) is 0 Å². The van der Waals surface area contributed by atoms with Crippen molar-refractivity contribution in [2.24, 2.45) is 0 Å². The Morgan fingerprint density at radius 2 is 1.50 bits per heavy atom. The fourth-order valence-electron chi connectivity index (χ4n) is 0. The molecule has 0 bridgehead atoms. The van der Waals surface area contributed by atoms with E-state index in [0.29, 0.717) is 0 Å². The van der Waals surface area contributed by atoms with Gasteiger partial charge in [-0.25, -0.2) is 0 Å². The van der Waals surface area contributed by atoms with Crippen molar-refractivity contribution in [1.29, 1.82) is 0 Å². The zero-order valence-electron chi connectivity index (χ0n) is 3.89. The maximum atomic E-state index is 5.03. The Labute approximate surface area is 39.6 Å². The van der Waals surface area contributed by atoms with Crippen LogP contribution in [0.2, 0.25) is 6.32 Å². The van der Waals surface area contributed by atoms with Crippen LogP contribution in [0.15, 0.2) is 0 Å². The molecule has 0 atom stereocenters. The van der Waals surface area contributed by atoms with E-state index >= 15 is 0 Å². The first kappa shape index (κ1) is 16.7. The van der Waals surface area contributed by atoms with E-state index in [0.717, 1.165) is 12.7 Å². The Morgan fingerprint density at radius 1 is 1.33 bits per heavy atom. The summed E-state index contributed by atoms with van der Waals surface area (Å²) in [7, 11) is 5.03. The standard InChI is InChI=1S/C3H7B.2H2O/c1-2-3-4;;/h2-3H2,1H3;2*1H2/q+2;;/p-2. The van der Waals surface area contributed by atoms with Crippen molar-refractivity contribution in [3.05, 3.63) is 0 Å². The first-order valence-corrected chi connectivity index (χ1v) is 1.62. The van der Waals surface area contributed by atoms with E-state index in [1.165, 1.54) is 0 Å². The smallest absolute Gasteiger partial charge is 0.870 e. The van der Waals surface area contributed by atoms with Crippen molar-refractivity contribution in [3.63, 3.8) is 0 Å². The summed E-state index contributed by atoms with van der Waals surface area (Å²) in [5.74, 6) is 0. The average Bonchev–Trinajstić information content (AvgIpc) is 1.37. The summed E-state index contributed by atoms with van der Waals surface area (Å²) in [5.41, 5.74) is 0. The van der Waals surface area contributed by atoms with E-state index in [9.17, 15) is 0 Å². The molecule has 3 heteroatoms. The van der Waals surface area contributed by atoms with Gasteiger partial charge in [-0.15, -0.1) is 0 Å². The first-order valence-electron chi connectivity index (χ1n) is 1.62. The van der Waals surface area contributed by atoms with Gasteiger partial charge >= 0.3 is 27.5 Å². The second kappa shape index (κ2) is 20.1. The molecule has 0 aliphatic carbocycles. The summed E-state index contributed by atoms with van der Waals surface area (Å²) in [5, 5.41) is 0. The second-order valence-electron chi connectivity index (χ2n) is 0.789. The van der Waals surface area contributed by atoms with E-state index in [1.807, 2.05) is 0 Å². The topological polar surface area (TPSA) is 60.0 Å².